The predicted molar refractivity (Wildman–Crippen MR) is 75.7 cm³/mol. The fraction of sp³-hybridized carbons (Fsp3) is 0.273. The van der Waals surface area contributed by atoms with Crippen LogP contribution in [0.25, 0.3) is 0 Å². The molecule has 1 saturated heterocycles. The Morgan fingerprint density at radius 3 is 3.00 bits per heavy atom. The molecule has 8 heteroatoms. The van der Waals surface area contributed by atoms with Crippen LogP contribution in [-0.4, -0.2) is 33.1 Å². The molecule has 1 aromatic rings. The number of thioether (sulfide) groups is 1. The number of aliphatic carboxylic acids is 1. The average molecular weight is 297 g/mol. The molecule has 19 heavy (non-hydrogen) atoms. The van der Waals surface area contributed by atoms with Crippen LogP contribution in [0.15, 0.2) is 27.7 Å². The van der Waals surface area contributed by atoms with Gasteiger partial charge in [-0.2, -0.15) is 5.10 Å². The summed E-state index contributed by atoms with van der Waals surface area (Å²) in [6.45, 7) is 1.83. The third-order valence-corrected chi connectivity index (χ3v) is 4.36. The van der Waals surface area contributed by atoms with Gasteiger partial charge in [-0.05, 0) is 18.4 Å². The first-order valence-corrected chi connectivity index (χ1v) is 7.17. The standard InChI is InChI=1S/C11H11N3O3S2/c1-6(7-3-2-4-18-7)13-14-11-12-10(17)8(19-11)5-9(15)16/h2-4,8H,5H2,1H3,(H,15,16)(H,12,14,17)/b13-6-. The molecule has 1 unspecified atom stereocenters. The number of amides is 1. The van der Waals surface area contributed by atoms with Gasteiger partial charge in [0.1, 0.15) is 5.25 Å². The van der Waals surface area contributed by atoms with Crippen molar-refractivity contribution in [2.45, 2.75) is 18.6 Å². The molecule has 2 rings (SSSR count). The molecule has 1 amide bonds. The lowest BCUT2D eigenvalue weighted by Gasteiger charge is -1.98. The summed E-state index contributed by atoms with van der Waals surface area (Å²) in [7, 11) is 0. The quantitative estimate of drug-likeness (QED) is 0.651. The molecule has 100 valence electrons. The fourth-order valence-corrected chi connectivity index (χ4v) is 2.98. The van der Waals surface area contributed by atoms with E-state index in [9.17, 15) is 9.59 Å². The van der Waals surface area contributed by atoms with E-state index < -0.39 is 11.2 Å². The Labute approximate surface area is 117 Å². The monoisotopic (exact) mass is 297 g/mol. The molecule has 0 saturated carbocycles. The summed E-state index contributed by atoms with van der Waals surface area (Å²) in [6, 6.07) is 3.85. The first-order chi connectivity index (χ1) is 9.06. The van der Waals surface area contributed by atoms with Gasteiger partial charge in [-0.3, -0.25) is 9.59 Å². The third kappa shape index (κ3) is 3.65. The van der Waals surface area contributed by atoms with Gasteiger partial charge in [-0.15, -0.1) is 16.4 Å². The molecule has 0 bridgehead atoms. The Morgan fingerprint density at radius 2 is 2.37 bits per heavy atom. The van der Waals surface area contributed by atoms with Gasteiger partial charge in [0.25, 0.3) is 0 Å². The van der Waals surface area contributed by atoms with Crippen molar-refractivity contribution < 1.29 is 14.7 Å². The van der Waals surface area contributed by atoms with Gasteiger partial charge < -0.3 is 10.4 Å². The van der Waals surface area contributed by atoms with E-state index in [1.807, 2.05) is 24.4 Å². The van der Waals surface area contributed by atoms with Crippen LogP contribution in [0.1, 0.15) is 18.2 Å². The minimum atomic E-state index is -1.01. The predicted octanol–water partition coefficient (Wildman–Crippen LogP) is 1.53. The molecule has 1 aliphatic rings. The fourth-order valence-electron chi connectivity index (χ4n) is 1.40. The van der Waals surface area contributed by atoms with Gasteiger partial charge in [0, 0.05) is 0 Å². The van der Waals surface area contributed by atoms with Gasteiger partial charge in [-0.1, -0.05) is 17.8 Å². The highest BCUT2D eigenvalue weighted by atomic mass is 32.2. The number of hydrogen-bond donors (Lipinski definition) is 2. The van der Waals surface area contributed by atoms with Crippen molar-refractivity contribution in [1.82, 2.24) is 5.32 Å². The first-order valence-electron chi connectivity index (χ1n) is 5.41. The van der Waals surface area contributed by atoms with Crippen LogP contribution in [0.5, 0.6) is 0 Å². The highest BCUT2D eigenvalue weighted by Gasteiger charge is 2.32. The van der Waals surface area contributed by atoms with Crippen molar-refractivity contribution in [2.75, 3.05) is 0 Å². The largest absolute Gasteiger partial charge is 0.481 e. The summed E-state index contributed by atoms with van der Waals surface area (Å²) in [5, 5.41) is 20.8. The molecule has 0 aliphatic carbocycles. The second kappa shape index (κ2) is 5.98. The second-order valence-electron chi connectivity index (χ2n) is 3.76. The number of nitrogens with one attached hydrogen (secondary N) is 1. The van der Waals surface area contributed by atoms with Gasteiger partial charge in [0.05, 0.1) is 17.0 Å². The summed E-state index contributed by atoms with van der Waals surface area (Å²) in [5.41, 5.74) is 0.749. The SMILES string of the molecule is C/C(=N/N=C1/NC(=O)C(CC(=O)O)S1)c1cccs1. The Kier molecular flexibility index (Phi) is 4.33. The van der Waals surface area contributed by atoms with E-state index in [-0.39, 0.29) is 12.3 Å². The topological polar surface area (TPSA) is 91.1 Å². The summed E-state index contributed by atoms with van der Waals surface area (Å²) in [6.07, 6.45) is -0.219. The second-order valence-corrected chi connectivity index (χ2v) is 5.90. The average Bonchev–Trinajstić information content (AvgIpc) is 2.96. The summed E-state index contributed by atoms with van der Waals surface area (Å²) in [5.74, 6) is -1.35. The molecule has 6 nitrogen and oxygen atoms in total. The smallest absolute Gasteiger partial charge is 0.305 e. The van der Waals surface area contributed by atoms with Crippen molar-refractivity contribution in [2.24, 2.45) is 10.2 Å². The zero-order valence-corrected chi connectivity index (χ0v) is 11.6. The molecule has 2 N–H and O–H groups in total. The zero-order valence-electron chi connectivity index (χ0n) is 9.99. The van der Waals surface area contributed by atoms with Crippen molar-refractivity contribution in [1.29, 1.82) is 0 Å². The van der Waals surface area contributed by atoms with Gasteiger partial charge in [0.15, 0.2) is 5.17 Å². The lowest BCUT2D eigenvalue weighted by Crippen LogP contribution is -2.26. The molecular formula is C11H11N3O3S2. The molecule has 1 aromatic heterocycles. The lowest BCUT2D eigenvalue weighted by atomic mass is 10.3. The number of carbonyl (C=O) groups excluding carboxylic acids is 1. The summed E-state index contributed by atoms with van der Waals surface area (Å²) in [4.78, 5) is 23.0. The Balaban J connectivity index is 2.04. The van der Waals surface area contributed by atoms with E-state index >= 15 is 0 Å². The van der Waals surface area contributed by atoms with Crippen LogP contribution >= 0.6 is 23.1 Å². The lowest BCUT2D eigenvalue weighted by molar-refractivity contribution is -0.138. The van der Waals surface area contributed by atoms with E-state index in [1.165, 1.54) is 0 Å². The number of thiophene rings is 1. The molecule has 0 spiro atoms. The molecule has 1 fully saturated rings. The molecular weight excluding hydrogens is 286 g/mol. The van der Waals surface area contributed by atoms with E-state index in [2.05, 4.69) is 15.5 Å². The number of carboxylic acid groups (broad SMARTS) is 1. The van der Waals surface area contributed by atoms with Crippen LogP contribution in [0, 0.1) is 0 Å². The number of nitrogens with zero attached hydrogens (tertiary/aromatic N) is 2. The van der Waals surface area contributed by atoms with Crippen LogP contribution < -0.4 is 5.32 Å². The molecule has 2 heterocycles. The maximum Gasteiger partial charge on any atom is 0.305 e. The van der Waals surface area contributed by atoms with Crippen LogP contribution in [-0.2, 0) is 9.59 Å². The first kappa shape index (κ1) is 13.8. The molecule has 1 aliphatic heterocycles. The Bertz CT molecular complexity index is 552. The zero-order chi connectivity index (χ0) is 13.8. The van der Waals surface area contributed by atoms with Gasteiger partial charge in [-0.25, -0.2) is 0 Å². The minimum absolute atomic E-state index is 0.219. The van der Waals surface area contributed by atoms with E-state index in [0.717, 1.165) is 22.4 Å². The van der Waals surface area contributed by atoms with Crippen molar-refractivity contribution >= 4 is 45.9 Å². The van der Waals surface area contributed by atoms with Gasteiger partial charge >= 0.3 is 5.97 Å². The summed E-state index contributed by atoms with van der Waals surface area (Å²) < 4.78 is 0. The third-order valence-electron chi connectivity index (χ3n) is 2.31. The van der Waals surface area contributed by atoms with Crippen molar-refractivity contribution in [3.63, 3.8) is 0 Å². The highest BCUT2D eigenvalue weighted by Crippen LogP contribution is 2.22. The van der Waals surface area contributed by atoms with Crippen LogP contribution in [0.3, 0.4) is 0 Å². The highest BCUT2D eigenvalue weighted by molar-refractivity contribution is 8.15. The van der Waals surface area contributed by atoms with Crippen molar-refractivity contribution in [3.8, 4) is 0 Å². The number of carbonyl (C=O) groups is 2. The minimum Gasteiger partial charge on any atom is -0.481 e. The van der Waals surface area contributed by atoms with E-state index in [0.29, 0.717) is 5.17 Å². The maximum atomic E-state index is 11.5. The molecule has 1 atom stereocenters. The van der Waals surface area contributed by atoms with Crippen molar-refractivity contribution in [3.05, 3.63) is 22.4 Å². The molecule has 0 aromatic carbocycles. The van der Waals surface area contributed by atoms with Crippen LogP contribution in [0.2, 0.25) is 0 Å². The van der Waals surface area contributed by atoms with E-state index in [1.54, 1.807) is 11.3 Å². The van der Waals surface area contributed by atoms with Crippen LogP contribution in [0.4, 0.5) is 0 Å². The summed E-state index contributed by atoms with van der Waals surface area (Å²) >= 11 is 2.64. The molecule has 0 radical (unpaired) electrons. The number of amidine groups is 1. The maximum absolute atomic E-state index is 11.5. The normalized spacial score (nSPS) is 21.7. The van der Waals surface area contributed by atoms with E-state index in [4.69, 9.17) is 5.11 Å². The Hall–Kier alpha value is -1.67. The Morgan fingerprint density at radius 1 is 1.58 bits per heavy atom. The number of rotatable bonds is 4. The number of hydrogen-bond acceptors (Lipinski definition) is 6. The number of carboxylic acids is 1. The van der Waals surface area contributed by atoms with Gasteiger partial charge in [0.2, 0.25) is 5.91 Å².